The number of thiophene rings is 1. The van der Waals surface area contributed by atoms with Crippen LogP contribution in [0.1, 0.15) is 57.2 Å². The van der Waals surface area contributed by atoms with Crippen LogP contribution in [0.2, 0.25) is 0 Å². The zero-order valence-electron chi connectivity index (χ0n) is 12.9. The summed E-state index contributed by atoms with van der Waals surface area (Å²) in [6.07, 6.45) is 6.63. The molecule has 1 aromatic heterocycles. The van der Waals surface area contributed by atoms with Crippen LogP contribution < -0.4 is 10.0 Å². The molecule has 1 heterocycles. The van der Waals surface area contributed by atoms with Crippen LogP contribution in [0.15, 0.2) is 16.3 Å². The Bertz CT molecular complexity index is 530. The van der Waals surface area contributed by atoms with Crippen molar-refractivity contribution in [3.8, 4) is 0 Å². The zero-order valence-corrected chi connectivity index (χ0v) is 14.5. The standard InChI is InChI=1S/C15H26N2O2S2/c1-12(2)16-11-14-9-10-15(20-14)21(18,19)17-13-7-5-3-4-6-8-13/h9-10,12-13,16-17H,3-8,11H2,1-2H3. The van der Waals surface area contributed by atoms with Crippen LogP contribution in [0.3, 0.4) is 0 Å². The maximum absolute atomic E-state index is 12.4. The molecule has 0 radical (unpaired) electrons. The summed E-state index contributed by atoms with van der Waals surface area (Å²) in [6.45, 7) is 4.89. The molecule has 0 amide bonds. The molecule has 0 aliphatic heterocycles. The highest BCUT2D eigenvalue weighted by atomic mass is 32.2. The molecule has 0 aromatic carbocycles. The Morgan fingerprint density at radius 1 is 1.19 bits per heavy atom. The predicted molar refractivity (Wildman–Crippen MR) is 88.1 cm³/mol. The number of nitrogens with one attached hydrogen (secondary N) is 2. The Balaban J connectivity index is 1.98. The summed E-state index contributed by atoms with van der Waals surface area (Å²) in [6, 6.07) is 4.14. The molecule has 120 valence electrons. The molecule has 6 heteroatoms. The molecule has 21 heavy (non-hydrogen) atoms. The molecule has 0 atom stereocenters. The van der Waals surface area contributed by atoms with Crippen LogP contribution in [-0.2, 0) is 16.6 Å². The molecule has 4 nitrogen and oxygen atoms in total. The number of hydrogen-bond donors (Lipinski definition) is 2. The molecule has 1 fully saturated rings. The summed E-state index contributed by atoms with van der Waals surface area (Å²) in [5, 5.41) is 3.31. The van der Waals surface area contributed by atoms with Gasteiger partial charge in [-0.1, -0.05) is 39.5 Å². The van der Waals surface area contributed by atoms with Crippen molar-refractivity contribution in [2.24, 2.45) is 0 Å². The van der Waals surface area contributed by atoms with Crippen molar-refractivity contribution >= 4 is 21.4 Å². The summed E-state index contributed by atoms with van der Waals surface area (Å²) in [7, 11) is -3.35. The monoisotopic (exact) mass is 330 g/mol. The molecule has 0 spiro atoms. The van der Waals surface area contributed by atoms with E-state index in [0.717, 1.165) is 37.1 Å². The second-order valence-electron chi connectivity index (χ2n) is 6.07. The highest BCUT2D eigenvalue weighted by Gasteiger charge is 2.22. The highest BCUT2D eigenvalue weighted by molar-refractivity contribution is 7.91. The first kappa shape index (κ1) is 16.9. The van der Waals surface area contributed by atoms with Crippen molar-refractivity contribution in [3.63, 3.8) is 0 Å². The molecule has 1 aliphatic rings. The molecule has 1 aromatic rings. The second-order valence-corrected chi connectivity index (χ2v) is 9.18. The van der Waals surface area contributed by atoms with E-state index in [1.165, 1.54) is 24.2 Å². The number of sulfonamides is 1. The molecule has 0 bridgehead atoms. The van der Waals surface area contributed by atoms with Crippen molar-refractivity contribution < 1.29 is 8.42 Å². The summed E-state index contributed by atoms with van der Waals surface area (Å²) >= 11 is 1.36. The zero-order chi connectivity index (χ0) is 15.3. The molecule has 1 aliphatic carbocycles. The molecule has 1 saturated carbocycles. The number of hydrogen-bond acceptors (Lipinski definition) is 4. The van der Waals surface area contributed by atoms with E-state index in [1.54, 1.807) is 6.07 Å². The minimum atomic E-state index is -3.35. The summed E-state index contributed by atoms with van der Waals surface area (Å²) in [5.74, 6) is 0. The van der Waals surface area contributed by atoms with Crippen molar-refractivity contribution in [1.82, 2.24) is 10.0 Å². The van der Waals surface area contributed by atoms with Gasteiger partial charge in [-0.05, 0) is 25.0 Å². The van der Waals surface area contributed by atoms with E-state index in [9.17, 15) is 8.42 Å². The molecular weight excluding hydrogens is 304 g/mol. The summed E-state index contributed by atoms with van der Waals surface area (Å²) in [4.78, 5) is 1.06. The number of rotatable bonds is 6. The van der Waals surface area contributed by atoms with Crippen molar-refractivity contribution in [2.75, 3.05) is 0 Å². The van der Waals surface area contributed by atoms with Gasteiger partial charge in [0.15, 0.2) is 0 Å². The van der Waals surface area contributed by atoms with Gasteiger partial charge in [-0.25, -0.2) is 13.1 Å². The SMILES string of the molecule is CC(C)NCc1ccc(S(=O)(=O)NC2CCCCCC2)s1. The van der Waals surface area contributed by atoms with Gasteiger partial charge >= 0.3 is 0 Å². The largest absolute Gasteiger partial charge is 0.310 e. The first-order valence-electron chi connectivity index (χ1n) is 7.82. The van der Waals surface area contributed by atoms with Gasteiger partial charge < -0.3 is 5.32 Å². The normalized spacial score (nSPS) is 18.0. The fourth-order valence-electron chi connectivity index (χ4n) is 2.58. The van der Waals surface area contributed by atoms with Gasteiger partial charge in [0, 0.05) is 23.5 Å². The minimum absolute atomic E-state index is 0.108. The minimum Gasteiger partial charge on any atom is -0.310 e. The first-order valence-corrected chi connectivity index (χ1v) is 10.1. The smallest absolute Gasteiger partial charge is 0.250 e. The van der Waals surface area contributed by atoms with Crippen LogP contribution in [0, 0.1) is 0 Å². The lowest BCUT2D eigenvalue weighted by Gasteiger charge is -2.15. The topological polar surface area (TPSA) is 58.2 Å². The third kappa shape index (κ3) is 5.36. The Morgan fingerprint density at radius 2 is 1.86 bits per heavy atom. The quantitative estimate of drug-likeness (QED) is 0.787. The van der Waals surface area contributed by atoms with E-state index in [-0.39, 0.29) is 6.04 Å². The third-order valence-electron chi connectivity index (χ3n) is 3.76. The van der Waals surface area contributed by atoms with Crippen LogP contribution in [-0.4, -0.2) is 20.5 Å². The highest BCUT2D eigenvalue weighted by Crippen LogP contribution is 2.24. The summed E-state index contributed by atoms with van der Waals surface area (Å²) < 4.78 is 28.2. The van der Waals surface area contributed by atoms with Gasteiger partial charge in [-0.15, -0.1) is 11.3 Å². The lowest BCUT2D eigenvalue weighted by Crippen LogP contribution is -2.33. The molecule has 0 unspecified atom stereocenters. The average molecular weight is 331 g/mol. The van der Waals surface area contributed by atoms with E-state index < -0.39 is 10.0 Å². The van der Waals surface area contributed by atoms with Crippen LogP contribution in [0.4, 0.5) is 0 Å². The van der Waals surface area contributed by atoms with Crippen LogP contribution >= 0.6 is 11.3 Å². The second kappa shape index (κ2) is 7.72. The Labute approximate surface area is 132 Å². The average Bonchev–Trinajstić information content (AvgIpc) is 2.76. The van der Waals surface area contributed by atoms with Crippen LogP contribution in [0.25, 0.3) is 0 Å². The van der Waals surface area contributed by atoms with Gasteiger partial charge in [0.05, 0.1) is 0 Å². The molecular formula is C15H26N2O2S2. The Hall–Kier alpha value is -0.430. The van der Waals surface area contributed by atoms with Gasteiger partial charge in [0.2, 0.25) is 10.0 Å². The summed E-state index contributed by atoms with van der Waals surface area (Å²) in [5.41, 5.74) is 0. The van der Waals surface area contributed by atoms with E-state index >= 15 is 0 Å². The predicted octanol–water partition coefficient (Wildman–Crippen LogP) is 3.25. The lowest BCUT2D eigenvalue weighted by molar-refractivity contribution is 0.511. The van der Waals surface area contributed by atoms with E-state index in [4.69, 9.17) is 0 Å². The van der Waals surface area contributed by atoms with Gasteiger partial charge in [0.25, 0.3) is 0 Å². The maximum atomic E-state index is 12.4. The fourth-order valence-corrected chi connectivity index (χ4v) is 5.21. The first-order chi connectivity index (χ1) is 9.97. The van der Waals surface area contributed by atoms with Gasteiger partial charge in [-0.3, -0.25) is 0 Å². The molecule has 0 saturated heterocycles. The molecule has 2 rings (SSSR count). The van der Waals surface area contributed by atoms with Crippen molar-refractivity contribution in [1.29, 1.82) is 0 Å². The Morgan fingerprint density at radius 3 is 2.48 bits per heavy atom. The van der Waals surface area contributed by atoms with E-state index in [1.807, 2.05) is 6.07 Å². The van der Waals surface area contributed by atoms with E-state index in [2.05, 4.69) is 23.9 Å². The van der Waals surface area contributed by atoms with Crippen LogP contribution in [0.5, 0.6) is 0 Å². The fraction of sp³-hybridized carbons (Fsp3) is 0.733. The van der Waals surface area contributed by atoms with Gasteiger partial charge in [-0.2, -0.15) is 0 Å². The maximum Gasteiger partial charge on any atom is 0.250 e. The molecule has 2 N–H and O–H groups in total. The van der Waals surface area contributed by atoms with Crippen molar-refractivity contribution in [2.45, 2.75) is 75.2 Å². The Kier molecular flexibility index (Phi) is 6.22. The van der Waals surface area contributed by atoms with Crippen molar-refractivity contribution in [3.05, 3.63) is 17.0 Å². The third-order valence-corrected chi connectivity index (χ3v) is 6.86. The lowest BCUT2D eigenvalue weighted by atomic mass is 10.1. The van der Waals surface area contributed by atoms with E-state index in [0.29, 0.717) is 10.3 Å². The van der Waals surface area contributed by atoms with Gasteiger partial charge in [0.1, 0.15) is 4.21 Å².